The molecule has 6 nitrogen and oxygen atoms in total. The number of nitrogens with zero attached hydrogens (tertiary/aromatic N) is 2. The lowest BCUT2D eigenvalue weighted by molar-refractivity contribution is -0.139. The zero-order chi connectivity index (χ0) is 22.5. The lowest BCUT2D eigenvalue weighted by Crippen LogP contribution is -2.32. The first kappa shape index (κ1) is 22.6. The van der Waals surface area contributed by atoms with Gasteiger partial charge < -0.3 is 19.6 Å². The summed E-state index contributed by atoms with van der Waals surface area (Å²) in [6.07, 6.45) is 0.724. The Morgan fingerprint density at radius 2 is 1.87 bits per heavy atom. The van der Waals surface area contributed by atoms with Gasteiger partial charge in [0.15, 0.2) is 0 Å². The molecule has 1 saturated heterocycles. The van der Waals surface area contributed by atoms with Gasteiger partial charge in [0.1, 0.15) is 11.5 Å². The van der Waals surface area contributed by atoms with Crippen molar-refractivity contribution in [1.29, 1.82) is 0 Å². The van der Waals surface area contributed by atoms with Crippen LogP contribution in [0.15, 0.2) is 54.1 Å². The quantitative estimate of drug-likeness (QED) is 0.398. The van der Waals surface area contributed by atoms with Gasteiger partial charge in [-0.1, -0.05) is 42.0 Å². The summed E-state index contributed by atoms with van der Waals surface area (Å²) < 4.78 is 5.53. The summed E-state index contributed by atoms with van der Waals surface area (Å²) in [4.78, 5) is 29.6. The van der Waals surface area contributed by atoms with Crippen molar-refractivity contribution in [2.45, 2.75) is 26.3 Å². The number of aryl methyl sites for hydroxylation is 1. The van der Waals surface area contributed by atoms with Crippen LogP contribution in [0.2, 0.25) is 0 Å². The van der Waals surface area contributed by atoms with E-state index in [-0.39, 0.29) is 11.3 Å². The monoisotopic (exact) mass is 422 g/mol. The van der Waals surface area contributed by atoms with Gasteiger partial charge in [0.05, 0.1) is 18.2 Å². The van der Waals surface area contributed by atoms with E-state index in [1.54, 1.807) is 29.2 Å². The molecule has 0 saturated carbocycles. The maximum atomic E-state index is 13.1. The SMILES string of the molecule is CCOc1cccc(/C(O)=C2/C(=O)C(=O)N(CCCN(C)C)C2c2cccc(C)c2)c1. The number of ketones is 1. The predicted octanol–water partition coefficient (Wildman–Crippen LogP) is 3.77. The predicted molar refractivity (Wildman–Crippen MR) is 121 cm³/mol. The molecule has 1 atom stereocenters. The number of aliphatic hydroxyl groups excluding tert-OH is 1. The second-order valence-corrected chi connectivity index (χ2v) is 8.02. The van der Waals surface area contributed by atoms with E-state index < -0.39 is 17.7 Å². The van der Waals surface area contributed by atoms with E-state index in [0.717, 1.165) is 24.1 Å². The van der Waals surface area contributed by atoms with Crippen LogP contribution in [0.1, 0.15) is 36.1 Å². The van der Waals surface area contributed by atoms with Crippen molar-refractivity contribution in [3.63, 3.8) is 0 Å². The molecule has 6 heteroatoms. The molecule has 0 aromatic heterocycles. The van der Waals surface area contributed by atoms with Gasteiger partial charge in [-0.3, -0.25) is 9.59 Å². The molecule has 2 aromatic rings. The molecule has 3 rings (SSSR count). The number of hydrogen-bond donors (Lipinski definition) is 1. The Balaban J connectivity index is 2.09. The Morgan fingerprint density at radius 3 is 2.55 bits per heavy atom. The van der Waals surface area contributed by atoms with Gasteiger partial charge in [-0.2, -0.15) is 0 Å². The lowest BCUT2D eigenvalue weighted by Gasteiger charge is -2.26. The van der Waals surface area contributed by atoms with E-state index in [1.165, 1.54) is 0 Å². The molecule has 0 spiro atoms. The smallest absolute Gasteiger partial charge is 0.295 e. The highest BCUT2D eigenvalue weighted by Gasteiger charge is 2.45. The molecule has 1 fully saturated rings. The fourth-order valence-electron chi connectivity index (χ4n) is 3.91. The number of aliphatic hydroxyl groups is 1. The minimum Gasteiger partial charge on any atom is -0.507 e. The first-order valence-electron chi connectivity index (χ1n) is 10.6. The summed E-state index contributed by atoms with van der Waals surface area (Å²) in [7, 11) is 3.94. The first-order chi connectivity index (χ1) is 14.8. The van der Waals surface area contributed by atoms with Crippen LogP contribution in [0.4, 0.5) is 0 Å². The van der Waals surface area contributed by atoms with E-state index in [2.05, 4.69) is 0 Å². The van der Waals surface area contributed by atoms with Crippen molar-refractivity contribution in [3.05, 3.63) is 70.8 Å². The van der Waals surface area contributed by atoms with Crippen LogP contribution in [0.3, 0.4) is 0 Å². The summed E-state index contributed by atoms with van der Waals surface area (Å²) in [6, 6.07) is 14.0. The molecular formula is C25H30N2O4. The van der Waals surface area contributed by atoms with Gasteiger partial charge >= 0.3 is 0 Å². The lowest BCUT2D eigenvalue weighted by atomic mass is 9.94. The highest BCUT2D eigenvalue weighted by Crippen LogP contribution is 2.40. The summed E-state index contributed by atoms with van der Waals surface area (Å²) >= 11 is 0. The topological polar surface area (TPSA) is 70.1 Å². The molecule has 2 aromatic carbocycles. The molecular weight excluding hydrogens is 392 g/mol. The fraction of sp³-hybridized carbons (Fsp3) is 0.360. The summed E-state index contributed by atoms with van der Waals surface area (Å²) in [5, 5.41) is 11.1. The van der Waals surface area contributed by atoms with E-state index in [4.69, 9.17) is 4.74 Å². The number of amides is 1. The number of Topliss-reactive ketones (excluding diaryl/α,β-unsaturated/α-hetero) is 1. The molecule has 1 heterocycles. The third-order valence-corrected chi connectivity index (χ3v) is 5.32. The molecule has 0 aliphatic carbocycles. The van der Waals surface area contributed by atoms with E-state index >= 15 is 0 Å². The van der Waals surface area contributed by atoms with Gasteiger partial charge in [-0.15, -0.1) is 0 Å². The van der Waals surface area contributed by atoms with Crippen LogP contribution in [0.25, 0.3) is 5.76 Å². The molecule has 1 N–H and O–H groups in total. The molecule has 1 aliphatic heterocycles. The largest absolute Gasteiger partial charge is 0.507 e. The Morgan fingerprint density at radius 1 is 1.13 bits per heavy atom. The van der Waals surface area contributed by atoms with Gasteiger partial charge in [-0.05, 0) is 58.6 Å². The molecule has 0 radical (unpaired) electrons. The molecule has 1 unspecified atom stereocenters. The molecule has 1 aliphatic rings. The van der Waals surface area contributed by atoms with Crippen LogP contribution in [-0.4, -0.2) is 60.4 Å². The normalized spacial score (nSPS) is 18.1. The number of carbonyl (C=O) groups excluding carboxylic acids is 2. The Labute approximate surface area is 183 Å². The zero-order valence-corrected chi connectivity index (χ0v) is 18.6. The number of benzene rings is 2. The third-order valence-electron chi connectivity index (χ3n) is 5.32. The number of likely N-dealkylation sites (tertiary alicyclic amines) is 1. The van der Waals surface area contributed by atoms with Crippen LogP contribution in [-0.2, 0) is 9.59 Å². The van der Waals surface area contributed by atoms with Crippen molar-refractivity contribution in [2.24, 2.45) is 0 Å². The number of carbonyl (C=O) groups is 2. The standard InChI is InChI=1S/C25H30N2O4/c1-5-31-20-12-7-11-19(16-20)23(28)21-22(18-10-6-9-17(2)15-18)27(25(30)24(21)29)14-8-13-26(3)4/h6-7,9-12,15-16,22,28H,5,8,13-14H2,1-4H3/b23-21-. The van der Waals surface area contributed by atoms with Crippen molar-refractivity contribution >= 4 is 17.4 Å². The van der Waals surface area contributed by atoms with Crippen LogP contribution < -0.4 is 4.74 Å². The second-order valence-electron chi connectivity index (χ2n) is 8.02. The third kappa shape index (κ3) is 4.97. The summed E-state index contributed by atoms with van der Waals surface area (Å²) in [5.41, 5.74) is 2.41. The van der Waals surface area contributed by atoms with Crippen molar-refractivity contribution in [1.82, 2.24) is 9.80 Å². The van der Waals surface area contributed by atoms with Gasteiger partial charge in [-0.25, -0.2) is 0 Å². The zero-order valence-electron chi connectivity index (χ0n) is 18.6. The number of rotatable bonds is 8. The van der Waals surface area contributed by atoms with Crippen molar-refractivity contribution < 1.29 is 19.4 Å². The maximum absolute atomic E-state index is 13.1. The van der Waals surface area contributed by atoms with Gasteiger partial charge in [0.2, 0.25) is 0 Å². The Hall–Kier alpha value is -3.12. The van der Waals surface area contributed by atoms with E-state index in [0.29, 0.717) is 24.5 Å². The fourth-order valence-corrected chi connectivity index (χ4v) is 3.91. The van der Waals surface area contributed by atoms with Crippen molar-refractivity contribution in [2.75, 3.05) is 33.8 Å². The van der Waals surface area contributed by atoms with Crippen molar-refractivity contribution in [3.8, 4) is 5.75 Å². The minimum absolute atomic E-state index is 0.120. The maximum Gasteiger partial charge on any atom is 0.295 e. The molecule has 164 valence electrons. The molecule has 31 heavy (non-hydrogen) atoms. The number of ether oxygens (including phenoxy) is 1. The Bertz CT molecular complexity index is 997. The highest BCUT2D eigenvalue weighted by molar-refractivity contribution is 6.46. The minimum atomic E-state index is -0.657. The van der Waals surface area contributed by atoms with Crippen LogP contribution in [0, 0.1) is 6.92 Å². The molecule has 1 amide bonds. The second kappa shape index (κ2) is 9.79. The summed E-state index contributed by atoms with van der Waals surface area (Å²) in [5.74, 6) is -0.816. The highest BCUT2D eigenvalue weighted by atomic mass is 16.5. The van der Waals surface area contributed by atoms with E-state index in [9.17, 15) is 14.7 Å². The Kier molecular flexibility index (Phi) is 7.13. The molecule has 0 bridgehead atoms. The van der Waals surface area contributed by atoms with Crippen LogP contribution in [0.5, 0.6) is 5.75 Å². The van der Waals surface area contributed by atoms with Gasteiger partial charge in [0, 0.05) is 12.1 Å². The average Bonchev–Trinajstić information content (AvgIpc) is 2.98. The van der Waals surface area contributed by atoms with Gasteiger partial charge in [0.25, 0.3) is 11.7 Å². The first-order valence-corrected chi connectivity index (χ1v) is 10.6. The van der Waals surface area contributed by atoms with E-state index in [1.807, 2.05) is 57.1 Å². The van der Waals surface area contributed by atoms with Crippen LogP contribution >= 0.6 is 0 Å². The summed E-state index contributed by atoms with van der Waals surface area (Å²) in [6.45, 7) is 5.55. The average molecular weight is 423 g/mol. The number of hydrogen-bond acceptors (Lipinski definition) is 5.